The molecule has 116 valence electrons. The van der Waals surface area contributed by atoms with Crippen LogP contribution in [0.5, 0.6) is 0 Å². The van der Waals surface area contributed by atoms with Gasteiger partial charge in [0.2, 0.25) is 5.91 Å². The van der Waals surface area contributed by atoms with Crippen LogP contribution in [0, 0.1) is 5.92 Å². The van der Waals surface area contributed by atoms with Crippen LogP contribution in [0.3, 0.4) is 0 Å². The zero-order chi connectivity index (χ0) is 15.7. The largest absolute Gasteiger partial charge is 0.480 e. The Bertz CT molecular complexity index is 461. The van der Waals surface area contributed by atoms with Gasteiger partial charge in [-0.1, -0.05) is 30.7 Å². The van der Waals surface area contributed by atoms with Gasteiger partial charge in [0.25, 0.3) is 0 Å². The second-order valence-electron chi connectivity index (χ2n) is 4.94. The summed E-state index contributed by atoms with van der Waals surface area (Å²) >= 11 is 5.82. The Kier molecular flexibility index (Phi) is 7.79. The highest BCUT2D eigenvalue weighted by Gasteiger charge is 2.09. The van der Waals surface area contributed by atoms with Gasteiger partial charge in [-0.25, -0.2) is 4.79 Å². The number of carboxylic acids is 1. The van der Waals surface area contributed by atoms with Crippen molar-refractivity contribution >= 4 is 23.5 Å². The van der Waals surface area contributed by atoms with Gasteiger partial charge < -0.3 is 15.2 Å². The summed E-state index contributed by atoms with van der Waals surface area (Å²) in [6.45, 7) is 2.18. The van der Waals surface area contributed by atoms with E-state index < -0.39 is 5.97 Å². The lowest BCUT2D eigenvalue weighted by Gasteiger charge is -2.12. The number of nitrogens with one attached hydrogen (secondary N) is 1. The lowest BCUT2D eigenvalue weighted by Crippen LogP contribution is -2.29. The Balaban J connectivity index is 2.18. The molecule has 0 aliphatic heterocycles. The van der Waals surface area contributed by atoms with E-state index in [9.17, 15) is 9.59 Å². The predicted octanol–water partition coefficient (Wildman–Crippen LogP) is 2.13. The average Bonchev–Trinajstić information content (AvgIpc) is 2.40. The van der Waals surface area contributed by atoms with Gasteiger partial charge in [-0.2, -0.15) is 0 Å². The molecule has 0 heterocycles. The Morgan fingerprint density at radius 3 is 2.62 bits per heavy atom. The molecule has 0 spiro atoms. The number of halogens is 1. The smallest absolute Gasteiger partial charge is 0.329 e. The van der Waals surface area contributed by atoms with Gasteiger partial charge in [-0.15, -0.1) is 0 Å². The monoisotopic (exact) mass is 313 g/mol. The van der Waals surface area contributed by atoms with Gasteiger partial charge >= 0.3 is 5.97 Å². The summed E-state index contributed by atoms with van der Waals surface area (Å²) in [5, 5.41) is 11.8. The van der Waals surface area contributed by atoms with E-state index in [0.29, 0.717) is 18.0 Å². The molecule has 21 heavy (non-hydrogen) atoms. The van der Waals surface area contributed by atoms with Crippen LogP contribution >= 0.6 is 11.6 Å². The summed E-state index contributed by atoms with van der Waals surface area (Å²) in [7, 11) is 0. The zero-order valence-electron chi connectivity index (χ0n) is 12.0. The second kappa shape index (κ2) is 9.37. The van der Waals surface area contributed by atoms with E-state index in [0.717, 1.165) is 12.0 Å². The number of carboxylic acid groups (broad SMARTS) is 1. The van der Waals surface area contributed by atoms with Crippen molar-refractivity contribution in [3.8, 4) is 0 Å². The van der Waals surface area contributed by atoms with Crippen LogP contribution in [-0.2, 0) is 20.7 Å². The maximum absolute atomic E-state index is 11.7. The predicted molar refractivity (Wildman–Crippen MR) is 80.4 cm³/mol. The number of amides is 1. The third-order valence-corrected chi connectivity index (χ3v) is 3.08. The molecule has 6 heteroatoms. The molecule has 0 saturated heterocycles. The van der Waals surface area contributed by atoms with Crippen LogP contribution in [0.1, 0.15) is 18.9 Å². The van der Waals surface area contributed by atoms with E-state index in [1.54, 1.807) is 0 Å². The van der Waals surface area contributed by atoms with Crippen molar-refractivity contribution in [2.45, 2.75) is 19.8 Å². The van der Waals surface area contributed by atoms with Gasteiger partial charge in [0.15, 0.2) is 0 Å². The van der Waals surface area contributed by atoms with Crippen molar-refractivity contribution in [3.63, 3.8) is 0 Å². The fourth-order valence-electron chi connectivity index (χ4n) is 1.91. The number of rotatable bonds is 9. The number of benzene rings is 1. The second-order valence-corrected chi connectivity index (χ2v) is 5.37. The molecule has 0 saturated carbocycles. The average molecular weight is 314 g/mol. The van der Waals surface area contributed by atoms with Crippen LogP contribution < -0.4 is 5.32 Å². The first-order valence-corrected chi connectivity index (χ1v) is 7.16. The molecule has 0 bridgehead atoms. The first-order valence-electron chi connectivity index (χ1n) is 6.78. The number of ether oxygens (including phenoxy) is 1. The molecule has 5 nitrogen and oxygen atoms in total. The van der Waals surface area contributed by atoms with Crippen molar-refractivity contribution in [3.05, 3.63) is 34.9 Å². The van der Waals surface area contributed by atoms with Gasteiger partial charge in [0.05, 0.1) is 6.61 Å². The number of carbonyl (C=O) groups excluding carboxylic acids is 1. The molecule has 0 fully saturated rings. The van der Waals surface area contributed by atoms with E-state index in [1.807, 2.05) is 31.2 Å². The number of aliphatic carboxylic acids is 1. The maximum atomic E-state index is 11.7. The first-order chi connectivity index (χ1) is 9.97. The minimum absolute atomic E-state index is 0.0598. The van der Waals surface area contributed by atoms with Gasteiger partial charge in [-0.05, 0) is 30.0 Å². The molecule has 1 aromatic carbocycles. The van der Waals surface area contributed by atoms with Crippen molar-refractivity contribution < 1.29 is 19.4 Å². The number of hydrogen-bond acceptors (Lipinski definition) is 3. The lowest BCUT2D eigenvalue weighted by molar-refractivity contribution is -0.142. The lowest BCUT2D eigenvalue weighted by atomic mass is 9.98. The van der Waals surface area contributed by atoms with Gasteiger partial charge in [0, 0.05) is 18.0 Å². The van der Waals surface area contributed by atoms with Crippen molar-refractivity contribution in [1.29, 1.82) is 0 Å². The SMILES string of the molecule is CC(CC(=O)NCCOCC(=O)O)Cc1ccc(Cl)cc1. The van der Waals surface area contributed by atoms with Crippen molar-refractivity contribution in [2.75, 3.05) is 19.8 Å². The summed E-state index contributed by atoms with van der Waals surface area (Å²) in [5.74, 6) is -0.862. The molecule has 0 aliphatic rings. The van der Waals surface area contributed by atoms with Crippen LogP contribution in [-0.4, -0.2) is 36.7 Å². The third kappa shape index (κ3) is 8.32. The first kappa shape index (κ1) is 17.5. The van der Waals surface area contributed by atoms with E-state index in [1.165, 1.54) is 0 Å². The summed E-state index contributed by atoms with van der Waals surface area (Å²) in [5.41, 5.74) is 1.14. The Morgan fingerprint density at radius 1 is 1.33 bits per heavy atom. The molecule has 0 aliphatic carbocycles. The quantitative estimate of drug-likeness (QED) is 0.685. The van der Waals surface area contributed by atoms with E-state index in [4.69, 9.17) is 21.4 Å². The van der Waals surface area contributed by atoms with E-state index in [2.05, 4.69) is 5.32 Å². The summed E-state index contributed by atoms with van der Waals surface area (Å²) < 4.78 is 4.83. The Morgan fingerprint density at radius 2 is 2.00 bits per heavy atom. The fraction of sp³-hybridized carbons (Fsp3) is 0.467. The molecule has 0 aromatic heterocycles. The summed E-state index contributed by atoms with van der Waals surface area (Å²) in [6.07, 6.45) is 1.22. The molecule has 1 unspecified atom stereocenters. The maximum Gasteiger partial charge on any atom is 0.329 e. The highest BCUT2D eigenvalue weighted by Crippen LogP contribution is 2.15. The Labute approximate surface area is 129 Å². The van der Waals surface area contributed by atoms with Crippen molar-refractivity contribution in [2.24, 2.45) is 5.92 Å². The topological polar surface area (TPSA) is 75.6 Å². The standard InChI is InChI=1S/C15H20ClNO4/c1-11(8-12-2-4-13(16)5-3-12)9-14(18)17-6-7-21-10-15(19)20/h2-5,11H,6-10H2,1H3,(H,17,18)(H,19,20). The van der Waals surface area contributed by atoms with Gasteiger partial charge in [-0.3, -0.25) is 4.79 Å². The molecular formula is C15H20ClNO4. The summed E-state index contributed by atoms with van der Waals surface area (Å²) in [4.78, 5) is 21.9. The summed E-state index contributed by atoms with van der Waals surface area (Å²) in [6, 6.07) is 7.58. The van der Waals surface area contributed by atoms with Gasteiger partial charge in [0.1, 0.15) is 6.61 Å². The minimum atomic E-state index is -1.02. The normalized spacial score (nSPS) is 11.9. The number of carbonyl (C=O) groups is 2. The zero-order valence-corrected chi connectivity index (χ0v) is 12.7. The molecule has 0 radical (unpaired) electrons. The molecule has 1 rings (SSSR count). The molecule has 1 aromatic rings. The number of hydrogen-bond donors (Lipinski definition) is 2. The molecule has 1 amide bonds. The van der Waals surface area contributed by atoms with Crippen LogP contribution in [0.4, 0.5) is 0 Å². The third-order valence-electron chi connectivity index (χ3n) is 2.83. The van der Waals surface area contributed by atoms with Crippen LogP contribution in [0.25, 0.3) is 0 Å². The highest BCUT2D eigenvalue weighted by molar-refractivity contribution is 6.30. The fourth-order valence-corrected chi connectivity index (χ4v) is 2.03. The van der Waals surface area contributed by atoms with E-state index in [-0.39, 0.29) is 25.0 Å². The van der Waals surface area contributed by atoms with Crippen LogP contribution in [0.15, 0.2) is 24.3 Å². The van der Waals surface area contributed by atoms with E-state index >= 15 is 0 Å². The van der Waals surface area contributed by atoms with Crippen LogP contribution in [0.2, 0.25) is 5.02 Å². The molecule has 1 atom stereocenters. The minimum Gasteiger partial charge on any atom is -0.480 e. The Hall–Kier alpha value is -1.59. The molecular weight excluding hydrogens is 294 g/mol. The van der Waals surface area contributed by atoms with Crippen molar-refractivity contribution in [1.82, 2.24) is 5.32 Å². The highest BCUT2D eigenvalue weighted by atomic mass is 35.5. The molecule has 2 N–H and O–H groups in total.